The molecule has 39 heavy (non-hydrogen) atoms. The smallest absolute Gasteiger partial charge is 0.258 e. The molecule has 200 valence electrons. The number of benzene rings is 2. The summed E-state index contributed by atoms with van der Waals surface area (Å²) in [6, 6.07) is 19.6. The van der Waals surface area contributed by atoms with E-state index in [4.69, 9.17) is 5.11 Å². The van der Waals surface area contributed by atoms with E-state index in [2.05, 4.69) is 37.1 Å². The number of aromatic nitrogens is 4. The number of H-pyrrole nitrogens is 2. The molecule has 0 saturated carbocycles. The number of anilines is 1. The molecule has 0 bridgehead atoms. The topological polar surface area (TPSA) is 140 Å². The van der Waals surface area contributed by atoms with Gasteiger partial charge in [-0.2, -0.15) is 5.10 Å². The number of aromatic amines is 2. The molecule has 0 atom stereocenters. The third-order valence-electron chi connectivity index (χ3n) is 6.32. The fraction of sp³-hybridized carbons (Fsp3) is 0.207. The molecule has 0 radical (unpaired) electrons. The second-order valence-corrected chi connectivity index (χ2v) is 9.25. The Kier molecular flexibility index (Phi) is 8.27. The van der Waals surface area contributed by atoms with E-state index in [1.165, 1.54) is 12.4 Å². The van der Waals surface area contributed by atoms with Crippen LogP contribution in [-0.2, 0) is 13.1 Å². The van der Waals surface area contributed by atoms with Crippen molar-refractivity contribution in [1.29, 1.82) is 0 Å². The predicted octanol–water partition coefficient (Wildman–Crippen LogP) is 2.69. The second kappa shape index (κ2) is 12.4. The highest BCUT2D eigenvalue weighted by Gasteiger charge is 2.13. The van der Waals surface area contributed by atoms with Crippen molar-refractivity contribution < 1.29 is 9.90 Å². The number of pyridine rings is 1. The Morgan fingerprint density at radius 2 is 1.82 bits per heavy atom. The number of aliphatic hydroxyl groups is 1. The number of fused-ring (bicyclic) bond motifs is 1. The summed E-state index contributed by atoms with van der Waals surface area (Å²) in [7, 11) is 0. The third kappa shape index (κ3) is 6.68. The van der Waals surface area contributed by atoms with Crippen molar-refractivity contribution >= 4 is 22.5 Å². The number of nitrogens with zero attached hydrogens (tertiary/aromatic N) is 2. The normalized spacial score (nSPS) is 11.2. The molecular formula is C29H31N7O3. The summed E-state index contributed by atoms with van der Waals surface area (Å²) in [6.45, 7) is 3.56. The molecule has 0 aliphatic heterocycles. The van der Waals surface area contributed by atoms with Crippen molar-refractivity contribution in [3.05, 3.63) is 106 Å². The Morgan fingerprint density at radius 3 is 2.67 bits per heavy atom. The average Bonchev–Trinajstić information content (AvgIpc) is 3.59. The van der Waals surface area contributed by atoms with Crippen LogP contribution in [0.3, 0.4) is 0 Å². The van der Waals surface area contributed by atoms with Gasteiger partial charge in [-0.1, -0.05) is 36.4 Å². The Labute approximate surface area is 225 Å². The third-order valence-corrected chi connectivity index (χ3v) is 6.32. The van der Waals surface area contributed by atoms with Crippen LogP contribution in [0.2, 0.25) is 0 Å². The molecule has 6 N–H and O–H groups in total. The predicted molar refractivity (Wildman–Crippen MR) is 152 cm³/mol. The van der Waals surface area contributed by atoms with Crippen LogP contribution in [0.1, 0.15) is 21.5 Å². The number of aliphatic hydroxyl groups excluding tert-OH is 1. The number of amides is 1. The van der Waals surface area contributed by atoms with Gasteiger partial charge >= 0.3 is 0 Å². The van der Waals surface area contributed by atoms with E-state index in [1.54, 1.807) is 16.9 Å². The van der Waals surface area contributed by atoms with E-state index in [-0.39, 0.29) is 18.1 Å². The van der Waals surface area contributed by atoms with Crippen molar-refractivity contribution in [3.8, 4) is 11.3 Å². The van der Waals surface area contributed by atoms with E-state index in [0.29, 0.717) is 42.1 Å². The zero-order valence-corrected chi connectivity index (χ0v) is 21.4. The van der Waals surface area contributed by atoms with Gasteiger partial charge in [0, 0.05) is 49.5 Å². The largest absolute Gasteiger partial charge is 0.395 e. The number of rotatable bonds is 12. The van der Waals surface area contributed by atoms with Crippen molar-refractivity contribution in [1.82, 2.24) is 30.4 Å². The van der Waals surface area contributed by atoms with Crippen LogP contribution in [0.15, 0.2) is 84.0 Å². The van der Waals surface area contributed by atoms with Gasteiger partial charge in [-0.25, -0.2) is 0 Å². The van der Waals surface area contributed by atoms with Gasteiger partial charge in [-0.05, 0) is 35.4 Å². The van der Waals surface area contributed by atoms with E-state index in [9.17, 15) is 9.59 Å². The molecule has 0 spiro atoms. The van der Waals surface area contributed by atoms with Gasteiger partial charge in [0.2, 0.25) is 0 Å². The molecule has 10 heteroatoms. The minimum absolute atomic E-state index is 0.130. The first-order chi connectivity index (χ1) is 19.1. The Hall–Kier alpha value is -4.51. The molecule has 0 aliphatic rings. The van der Waals surface area contributed by atoms with Crippen LogP contribution in [-0.4, -0.2) is 57.0 Å². The quantitative estimate of drug-likeness (QED) is 0.138. The summed E-state index contributed by atoms with van der Waals surface area (Å²) in [4.78, 5) is 31.6. The maximum atomic E-state index is 12.9. The molecule has 0 unspecified atom stereocenters. The van der Waals surface area contributed by atoms with E-state index < -0.39 is 0 Å². The van der Waals surface area contributed by atoms with Crippen molar-refractivity contribution in [2.24, 2.45) is 0 Å². The summed E-state index contributed by atoms with van der Waals surface area (Å²) in [6.07, 6.45) is 4.71. The first kappa shape index (κ1) is 26.1. The standard InChI is InChI=1S/C29H31N7O3/c37-11-10-30-8-9-31-15-21-6-7-26-22(12-21)13-27(35-26)25-14-24(17-32-29(25)39)34-28(38)23-16-33-36(19-23)18-20-4-2-1-3-5-20/h1-7,12-14,16-17,19,30-31,35,37H,8-11,15,18H2,(H,32,39)(H,34,38). The molecule has 0 aliphatic carbocycles. The van der Waals surface area contributed by atoms with Gasteiger partial charge in [0.1, 0.15) is 0 Å². The van der Waals surface area contributed by atoms with Crippen LogP contribution < -0.4 is 21.5 Å². The summed E-state index contributed by atoms with van der Waals surface area (Å²) >= 11 is 0. The van der Waals surface area contributed by atoms with Crippen LogP contribution in [0.5, 0.6) is 0 Å². The van der Waals surface area contributed by atoms with E-state index in [1.807, 2.05) is 48.5 Å². The van der Waals surface area contributed by atoms with Gasteiger partial charge in [0.05, 0.1) is 41.9 Å². The SMILES string of the molecule is O=C(Nc1c[nH]c(=O)c(-c2cc3cc(CNCCNCCO)ccc3[nH]2)c1)c1cnn(Cc2ccccc2)c1. The van der Waals surface area contributed by atoms with Crippen LogP contribution >= 0.6 is 0 Å². The Morgan fingerprint density at radius 1 is 0.974 bits per heavy atom. The molecule has 1 amide bonds. The van der Waals surface area contributed by atoms with Crippen molar-refractivity contribution in [2.75, 3.05) is 31.6 Å². The van der Waals surface area contributed by atoms with Crippen LogP contribution in [0.25, 0.3) is 22.2 Å². The number of hydrogen-bond donors (Lipinski definition) is 6. The lowest BCUT2D eigenvalue weighted by atomic mass is 10.1. The Bertz CT molecular complexity index is 1600. The molecule has 10 nitrogen and oxygen atoms in total. The fourth-order valence-corrected chi connectivity index (χ4v) is 4.35. The number of nitrogens with one attached hydrogen (secondary N) is 5. The highest BCUT2D eigenvalue weighted by atomic mass is 16.3. The van der Waals surface area contributed by atoms with Crippen molar-refractivity contribution in [2.45, 2.75) is 13.1 Å². The summed E-state index contributed by atoms with van der Waals surface area (Å²) in [5, 5.41) is 23.5. The Balaban J connectivity index is 1.26. The number of hydrogen-bond acceptors (Lipinski definition) is 6. The molecule has 0 saturated heterocycles. The zero-order chi connectivity index (χ0) is 27.0. The molecule has 3 heterocycles. The highest BCUT2D eigenvalue weighted by Crippen LogP contribution is 2.24. The maximum absolute atomic E-state index is 12.9. The lowest BCUT2D eigenvalue weighted by Crippen LogP contribution is -2.28. The minimum atomic E-state index is -0.312. The molecule has 2 aromatic carbocycles. The molecule has 5 rings (SSSR count). The molecule has 0 fully saturated rings. The minimum Gasteiger partial charge on any atom is -0.395 e. The summed E-state index contributed by atoms with van der Waals surface area (Å²) in [5.74, 6) is -0.312. The number of carbonyl (C=O) groups excluding carboxylic acids is 1. The summed E-state index contributed by atoms with van der Waals surface area (Å²) < 4.78 is 1.71. The second-order valence-electron chi connectivity index (χ2n) is 9.25. The fourth-order valence-electron chi connectivity index (χ4n) is 4.35. The van der Waals surface area contributed by atoms with Crippen molar-refractivity contribution in [3.63, 3.8) is 0 Å². The van der Waals surface area contributed by atoms with E-state index >= 15 is 0 Å². The van der Waals surface area contributed by atoms with Gasteiger partial charge < -0.3 is 31.0 Å². The first-order valence-corrected chi connectivity index (χ1v) is 12.8. The average molecular weight is 526 g/mol. The van der Waals surface area contributed by atoms with Gasteiger partial charge in [-0.3, -0.25) is 14.3 Å². The van der Waals surface area contributed by atoms with Gasteiger partial charge in [-0.15, -0.1) is 0 Å². The first-order valence-electron chi connectivity index (χ1n) is 12.8. The van der Waals surface area contributed by atoms with Gasteiger partial charge in [0.25, 0.3) is 11.5 Å². The van der Waals surface area contributed by atoms with E-state index in [0.717, 1.165) is 35.1 Å². The molecule has 3 aromatic heterocycles. The lowest BCUT2D eigenvalue weighted by molar-refractivity contribution is 0.102. The summed E-state index contributed by atoms with van der Waals surface area (Å²) in [5.41, 5.74) is 4.86. The maximum Gasteiger partial charge on any atom is 0.258 e. The lowest BCUT2D eigenvalue weighted by Gasteiger charge is -2.06. The van der Waals surface area contributed by atoms with Gasteiger partial charge in [0.15, 0.2) is 0 Å². The molecule has 5 aromatic rings. The molecular weight excluding hydrogens is 494 g/mol. The monoisotopic (exact) mass is 525 g/mol. The highest BCUT2D eigenvalue weighted by molar-refractivity contribution is 6.04. The van der Waals surface area contributed by atoms with Crippen LogP contribution in [0, 0.1) is 0 Å². The van der Waals surface area contributed by atoms with Crippen LogP contribution in [0.4, 0.5) is 5.69 Å². The number of carbonyl (C=O) groups is 1. The zero-order valence-electron chi connectivity index (χ0n) is 21.4.